The van der Waals surface area contributed by atoms with Gasteiger partial charge in [-0.2, -0.15) is 0 Å². The van der Waals surface area contributed by atoms with Crippen molar-refractivity contribution < 1.29 is 18.7 Å². The number of amides is 2. The number of ether oxygens (including phenoxy) is 1. The van der Waals surface area contributed by atoms with Gasteiger partial charge in [-0.05, 0) is 31.2 Å². The molecule has 2 atom stereocenters. The van der Waals surface area contributed by atoms with Gasteiger partial charge in [-0.1, -0.05) is 19.8 Å². The Kier molecular flexibility index (Phi) is 6.13. The largest absolute Gasteiger partial charge is 0.472 e. The molecule has 0 unspecified atom stereocenters. The van der Waals surface area contributed by atoms with Gasteiger partial charge in [-0.15, -0.1) is 0 Å². The van der Waals surface area contributed by atoms with E-state index in [1.807, 2.05) is 4.90 Å². The van der Waals surface area contributed by atoms with E-state index < -0.39 is 0 Å². The Morgan fingerprint density at radius 2 is 1.96 bits per heavy atom. The van der Waals surface area contributed by atoms with E-state index in [-0.39, 0.29) is 24.5 Å². The molecule has 1 saturated heterocycles. The zero-order valence-electron chi connectivity index (χ0n) is 15.0. The molecule has 0 N–H and O–H groups in total. The fourth-order valence-corrected chi connectivity index (χ4v) is 3.75. The van der Waals surface area contributed by atoms with Crippen LogP contribution in [0.15, 0.2) is 23.0 Å². The Bertz CT molecular complexity index is 572. The number of rotatable bonds is 4. The van der Waals surface area contributed by atoms with Gasteiger partial charge in [-0.25, -0.2) is 0 Å². The van der Waals surface area contributed by atoms with Gasteiger partial charge < -0.3 is 19.0 Å². The third-order valence-electron chi connectivity index (χ3n) is 5.23. The third-order valence-corrected chi connectivity index (χ3v) is 5.23. The zero-order valence-corrected chi connectivity index (χ0v) is 15.0. The van der Waals surface area contributed by atoms with Crippen LogP contribution in [0.5, 0.6) is 0 Å². The second-order valence-corrected chi connectivity index (χ2v) is 7.24. The van der Waals surface area contributed by atoms with E-state index in [4.69, 9.17) is 9.15 Å². The van der Waals surface area contributed by atoms with Crippen LogP contribution in [0.2, 0.25) is 0 Å². The lowest BCUT2D eigenvalue weighted by Gasteiger charge is -2.28. The van der Waals surface area contributed by atoms with Crippen molar-refractivity contribution in [2.24, 2.45) is 5.92 Å². The SMILES string of the molecule is C[C@H]1CCC[C@@H](OCC(=O)N2CCCN(C(=O)c3ccoc3)CC2)C1. The Morgan fingerprint density at radius 3 is 2.72 bits per heavy atom. The molecule has 0 spiro atoms. The highest BCUT2D eigenvalue weighted by atomic mass is 16.5. The maximum absolute atomic E-state index is 12.5. The van der Waals surface area contributed by atoms with E-state index in [1.54, 1.807) is 11.0 Å². The predicted octanol–water partition coefficient (Wildman–Crippen LogP) is 2.55. The summed E-state index contributed by atoms with van der Waals surface area (Å²) < 4.78 is 10.8. The van der Waals surface area contributed by atoms with Crippen molar-refractivity contribution in [1.29, 1.82) is 0 Å². The van der Waals surface area contributed by atoms with E-state index in [0.717, 1.165) is 19.3 Å². The second kappa shape index (κ2) is 8.52. The minimum absolute atomic E-state index is 0.0320. The molecule has 1 aliphatic carbocycles. The molecule has 0 radical (unpaired) electrons. The number of carbonyl (C=O) groups is 2. The molecule has 6 nitrogen and oxygen atoms in total. The van der Waals surface area contributed by atoms with Crippen LogP contribution in [0.4, 0.5) is 0 Å². The molecule has 1 aromatic heterocycles. The minimum atomic E-state index is -0.0320. The molecule has 1 saturated carbocycles. The summed E-state index contributed by atoms with van der Waals surface area (Å²) >= 11 is 0. The average molecular weight is 348 g/mol. The van der Waals surface area contributed by atoms with Gasteiger partial charge in [0, 0.05) is 26.2 Å². The monoisotopic (exact) mass is 348 g/mol. The van der Waals surface area contributed by atoms with E-state index in [2.05, 4.69) is 6.92 Å². The maximum Gasteiger partial charge on any atom is 0.257 e. The lowest BCUT2D eigenvalue weighted by Crippen LogP contribution is -2.39. The molecule has 25 heavy (non-hydrogen) atoms. The highest BCUT2D eigenvalue weighted by Gasteiger charge is 2.25. The summed E-state index contributed by atoms with van der Waals surface area (Å²) in [5.41, 5.74) is 0.564. The first kappa shape index (κ1) is 18.0. The lowest BCUT2D eigenvalue weighted by atomic mass is 9.89. The molecule has 2 heterocycles. The van der Waals surface area contributed by atoms with Gasteiger partial charge in [0.05, 0.1) is 17.9 Å². The van der Waals surface area contributed by atoms with Crippen LogP contribution >= 0.6 is 0 Å². The molecular formula is C19H28N2O4. The molecule has 1 aromatic rings. The van der Waals surface area contributed by atoms with E-state index in [1.165, 1.54) is 25.4 Å². The van der Waals surface area contributed by atoms with Crippen molar-refractivity contribution in [3.05, 3.63) is 24.2 Å². The Hall–Kier alpha value is -1.82. The molecule has 138 valence electrons. The van der Waals surface area contributed by atoms with Gasteiger partial charge in [0.2, 0.25) is 5.91 Å². The summed E-state index contributed by atoms with van der Waals surface area (Å²) in [6, 6.07) is 1.68. The molecule has 6 heteroatoms. The van der Waals surface area contributed by atoms with Crippen molar-refractivity contribution in [1.82, 2.24) is 9.80 Å². The van der Waals surface area contributed by atoms with Crippen LogP contribution in [0, 0.1) is 5.92 Å². The molecule has 1 aliphatic heterocycles. The summed E-state index contributed by atoms with van der Waals surface area (Å²) in [6.45, 7) is 4.86. The zero-order chi connectivity index (χ0) is 17.6. The quantitative estimate of drug-likeness (QED) is 0.839. The lowest BCUT2D eigenvalue weighted by molar-refractivity contribution is -0.139. The van der Waals surface area contributed by atoms with Gasteiger partial charge >= 0.3 is 0 Å². The van der Waals surface area contributed by atoms with Gasteiger partial charge in [-0.3, -0.25) is 9.59 Å². The molecule has 2 aliphatic rings. The van der Waals surface area contributed by atoms with E-state index >= 15 is 0 Å². The van der Waals surface area contributed by atoms with Gasteiger partial charge in [0.1, 0.15) is 12.9 Å². The van der Waals surface area contributed by atoms with Gasteiger partial charge in [0.15, 0.2) is 0 Å². The topological polar surface area (TPSA) is 63.0 Å². The standard InChI is InChI=1S/C19H28N2O4/c1-15-4-2-5-17(12-15)25-14-18(22)20-7-3-8-21(10-9-20)19(23)16-6-11-24-13-16/h6,11,13,15,17H,2-5,7-10,12,14H2,1H3/t15-,17+/m0/s1. The number of carbonyl (C=O) groups excluding carboxylic acids is 2. The van der Waals surface area contributed by atoms with Crippen molar-refractivity contribution in [2.75, 3.05) is 32.8 Å². The summed E-state index contributed by atoms with van der Waals surface area (Å²) in [7, 11) is 0. The third kappa shape index (κ3) is 4.84. The summed E-state index contributed by atoms with van der Waals surface area (Å²) in [4.78, 5) is 28.5. The number of nitrogens with zero attached hydrogens (tertiary/aromatic N) is 2. The fraction of sp³-hybridized carbons (Fsp3) is 0.684. The fourth-order valence-electron chi connectivity index (χ4n) is 3.75. The van der Waals surface area contributed by atoms with Gasteiger partial charge in [0.25, 0.3) is 5.91 Å². The summed E-state index contributed by atoms with van der Waals surface area (Å²) in [5.74, 6) is 0.695. The first-order chi connectivity index (χ1) is 12.1. The summed E-state index contributed by atoms with van der Waals surface area (Å²) in [5, 5.41) is 0. The highest BCUT2D eigenvalue weighted by molar-refractivity contribution is 5.93. The van der Waals surface area contributed by atoms with Crippen LogP contribution in [0.25, 0.3) is 0 Å². The molecule has 0 aromatic carbocycles. The molecule has 2 fully saturated rings. The Labute approximate surface area is 149 Å². The average Bonchev–Trinajstić information content (AvgIpc) is 3.03. The Morgan fingerprint density at radius 1 is 1.16 bits per heavy atom. The smallest absolute Gasteiger partial charge is 0.257 e. The Balaban J connectivity index is 1.45. The second-order valence-electron chi connectivity index (χ2n) is 7.24. The van der Waals surface area contributed by atoms with Crippen molar-refractivity contribution >= 4 is 11.8 Å². The number of hydrogen-bond donors (Lipinski definition) is 0. The van der Waals surface area contributed by atoms with E-state index in [9.17, 15) is 9.59 Å². The first-order valence-electron chi connectivity index (χ1n) is 9.34. The van der Waals surface area contributed by atoms with Crippen LogP contribution < -0.4 is 0 Å². The van der Waals surface area contributed by atoms with Crippen LogP contribution in [-0.2, 0) is 9.53 Å². The number of furan rings is 1. The first-order valence-corrected chi connectivity index (χ1v) is 9.34. The normalized spacial score (nSPS) is 24.8. The molecule has 0 bridgehead atoms. The summed E-state index contributed by atoms with van der Waals surface area (Å²) in [6.07, 6.45) is 8.55. The minimum Gasteiger partial charge on any atom is -0.472 e. The van der Waals surface area contributed by atoms with Crippen molar-refractivity contribution in [3.8, 4) is 0 Å². The van der Waals surface area contributed by atoms with Crippen LogP contribution in [0.1, 0.15) is 49.4 Å². The number of hydrogen-bond acceptors (Lipinski definition) is 4. The van der Waals surface area contributed by atoms with E-state index in [0.29, 0.717) is 37.7 Å². The molecular weight excluding hydrogens is 320 g/mol. The molecule has 3 rings (SSSR count). The maximum atomic E-state index is 12.5. The predicted molar refractivity (Wildman–Crippen MR) is 93.2 cm³/mol. The van der Waals surface area contributed by atoms with Crippen molar-refractivity contribution in [2.45, 2.75) is 45.1 Å². The van der Waals surface area contributed by atoms with Crippen LogP contribution in [0.3, 0.4) is 0 Å². The van der Waals surface area contributed by atoms with Crippen molar-refractivity contribution in [3.63, 3.8) is 0 Å². The highest BCUT2D eigenvalue weighted by Crippen LogP contribution is 2.25. The molecule has 2 amide bonds. The van der Waals surface area contributed by atoms with Crippen LogP contribution in [-0.4, -0.2) is 60.5 Å².